The Morgan fingerprint density at radius 3 is 2.68 bits per heavy atom. The molecule has 28 heavy (non-hydrogen) atoms. The van der Waals surface area contributed by atoms with Crippen molar-refractivity contribution in [3.8, 4) is 5.69 Å². The summed E-state index contributed by atoms with van der Waals surface area (Å²) in [7, 11) is 0. The van der Waals surface area contributed by atoms with Crippen LogP contribution in [-0.4, -0.2) is 20.1 Å². The highest BCUT2D eigenvalue weighted by atomic mass is 35.5. The average molecular weight is 416 g/mol. The summed E-state index contributed by atoms with van der Waals surface area (Å²) in [5, 5.41) is 3.86. The molecule has 1 aliphatic carbocycles. The van der Waals surface area contributed by atoms with E-state index < -0.39 is 5.56 Å². The Morgan fingerprint density at radius 2 is 1.89 bits per heavy atom. The molecular formula is C21H19Cl2N3O2. The number of aryl methyl sites for hydroxylation is 3. The molecule has 0 spiro atoms. The molecule has 2 heterocycles. The van der Waals surface area contributed by atoms with Gasteiger partial charge >= 0.3 is 0 Å². The predicted molar refractivity (Wildman–Crippen MR) is 110 cm³/mol. The SMILES string of the molecule is Cc1cc(C(=O)Cn2ncc(Cl)c(Cl)c2=O)c(C)n1-c1ccc2c(c1)CCC2. The molecule has 144 valence electrons. The van der Waals surface area contributed by atoms with Gasteiger partial charge in [-0.05, 0) is 62.4 Å². The Hall–Kier alpha value is -2.37. The van der Waals surface area contributed by atoms with Crippen LogP contribution in [0.1, 0.15) is 39.3 Å². The molecule has 7 heteroatoms. The van der Waals surface area contributed by atoms with Crippen LogP contribution < -0.4 is 5.56 Å². The zero-order chi connectivity index (χ0) is 20.0. The van der Waals surface area contributed by atoms with E-state index in [4.69, 9.17) is 23.2 Å². The largest absolute Gasteiger partial charge is 0.318 e. The van der Waals surface area contributed by atoms with Gasteiger partial charge in [-0.3, -0.25) is 9.59 Å². The molecule has 3 aromatic rings. The van der Waals surface area contributed by atoms with E-state index in [1.54, 1.807) is 0 Å². The summed E-state index contributed by atoms with van der Waals surface area (Å²) in [6.45, 7) is 3.70. The van der Waals surface area contributed by atoms with Crippen molar-refractivity contribution >= 4 is 29.0 Å². The fraction of sp³-hybridized carbons (Fsp3) is 0.286. The number of hydrogen-bond donors (Lipinski definition) is 0. The molecule has 0 saturated heterocycles. The van der Waals surface area contributed by atoms with Crippen LogP contribution in [0.4, 0.5) is 0 Å². The Kier molecular flexibility index (Phi) is 4.89. The van der Waals surface area contributed by atoms with Crippen LogP contribution in [0, 0.1) is 13.8 Å². The lowest BCUT2D eigenvalue weighted by Gasteiger charge is -2.12. The number of hydrogen-bond acceptors (Lipinski definition) is 3. The Labute approximate surface area is 172 Å². The van der Waals surface area contributed by atoms with Crippen LogP contribution in [0.5, 0.6) is 0 Å². The summed E-state index contributed by atoms with van der Waals surface area (Å²) < 4.78 is 3.12. The minimum atomic E-state index is -0.574. The Balaban J connectivity index is 1.69. The topological polar surface area (TPSA) is 56.9 Å². The van der Waals surface area contributed by atoms with Crippen molar-refractivity contribution in [3.05, 3.63) is 78.9 Å². The van der Waals surface area contributed by atoms with Crippen molar-refractivity contribution in [1.82, 2.24) is 14.3 Å². The van der Waals surface area contributed by atoms with Crippen molar-refractivity contribution < 1.29 is 4.79 Å². The molecule has 5 nitrogen and oxygen atoms in total. The quantitative estimate of drug-likeness (QED) is 0.595. The van der Waals surface area contributed by atoms with Crippen molar-refractivity contribution in [2.75, 3.05) is 0 Å². The van der Waals surface area contributed by atoms with Gasteiger partial charge in [0.05, 0.1) is 11.2 Å². The highest BCUT2D eigenvalue weighted by Crippen LogP contribution is 2.27. The third-order valence-electron chi connectivity index (χ3n) is 5.31. The number of halogens is 2. The second kappa shape index (κ2) is 7.22. The summed E-state index contributed by atoms with van der Waals surface area (Å²) in [5.41, 5.74) is 5.64. The van der Waals surface area contributed by atoms with E-state index >= 15 is 0 Å². The standard InChI is InChI=1S/C21H19Cl2N3O2/c1-12-8-17(19(27)11-25-21(28)20(23)18(22)10-24-25)13(2)26(12)16-7-6-14-4-3-5-15(14)9-16/h6-10H,3-5,11H2,1-2H3. The number of ketones is 1. The number of nitrogens with zero attached hydrogens (tertiary/aromatic N) is 3. The number of fused-ring (bicyclic) bond motifs is 1. The molecule has 1 aliphatic rings. The summed E-state index contributed by atoms with van der Waals surface area (Å²) in [6.07, 6.45) is 4.69. The molecule has 4 rings (SSSR count). The van der Waals surface area contributed by atoms with Crippen LogP contribution in [0.2, 0.25) is 10.0 Å². The van der Waals surface area contributed by atoms with Crippen LogP contribution in [0.3, 0.4) is 0 Å². The molecule has 2 aromatic heterocycles. The first-order valence-corrected chi connectivity index (χ1v) is 9.88. The van der Waals surface area contributed by atoms with Crippen molar-refractivity contribution in [1.29, 1.82) is 0 Å². The molecule has 0 atom stereocenters. The summed E-state index contributed by atoms with van der Waals surface area (Å²) in [6, 6.07) is 8.34. The van der Waals surface area contributed by atoms with Gasteiger partial charge in [-0.1, -0.05) is 29.3 Å². The van der Waals surface area contributed by atoms with E-state index in [-0.39, 0.29) is 22.4 Å². The zero-order valence-corrected chi connectivity index (χ0v) is 17.1. The van der Waals surface area contributed by atoms with Gasteiger partial charge in [0.15, 0.2) is 5.78 Å². The number of carbonyl (C=O) groups is 1. The van der Waals surface area contributed by atoms with Crippen LogP contribution in [-0.2, 0) is 19.4 Å². The molecule has 1 aromatic carbocycles. The Bertz CT molecular complexity index is 1160. The fourth-order valence-electron chi connectivity index (χ4n) is 3.92. The van der Waals surface area contributed by atoms with Crippen LogP contribution in [0.15, 0.2) is 35.3 Å². The van der Waals surface area contributed by atoms with Crippen LogP contribution in [0.25, 0.3) is 5.69 Å². The molecule has 0 radical (unpaired) electrons. The third-order valence-corrected chi connectivity index (χ3v) is 6.06. The average Bonchev–Trinajstić information content (AvgIpc) is 3.25. The summed E-state index contributed by atoms with van der Waals surface area (Å²) in [4.78, 5) is 25.0. The highest BCUT2D eigenvalue weighted by molar-refractivity contribution is 6.41. The maximum Gasteiger partial charge on any atom is 0.287 e. The molecule has 0 amide bonds. The van der Waals surface area contributed by atoms with Gasteiger partial charge in [-0.15, -0.1) is 0 Å². The number of benzene rings is 1. The molecule has 0 saturated carbocycles. The lowest BCUT2D eigenvalue weighted by atomic mass is 10.1. The summed E-state index contributed by atoms with van der Waals surface area (Å²) in [5.74, 6) is -0.200. The first kappa shape index (κ1) is 19.0. The van der Waals surface area contributed by atoms with Crippen molar-refractivity contribution in [3.63, 3.8) is 0 Å². The molecule has 0 aliphatic heterocycles. The molecule has 0 bridgehead atoms. The van der Waals surface area contributed by atoms with Gasteiger partial charge in [0, 0.05) is 22.6 Å². The van der Waals surface area contributed by atoms with Crippen molar-refractivity contribution in [2.24, 2.45) is 0 Å². The van der Waals surface area contributed by atoms with E-state index in [9.17, 15) is 9.59 Å². The summed E-state index contributed by atoms with van der Waals surface area (Å²) >= 11 is 11.7. The second-order valence-electron chi connectivity index (χ2n) is 7.12. The van der Waals surface area contributed by atoms with Crippen LogP contribution >= 0.6 is 23.2 Å². The van der Waals surface area contributed by atoms with E-state index in [0.717, 1.165) is 34.6 Å². The van der Waals surface area contributed by atoms with Crippen molar-refractivity contribution in [2.45, 2.75) is 39.7 Å². The first-order valence-electron chi connectivity index (χ1n) is 9.12. The number of aromatic nitrogens is 3. The Morgan fingerprint density at radius 1 is 1.14 bits per heavy atom. The van der Waals surface area contributed by atoms with Gasteiger partial charge in [0.25, 0.3) is 5.56 Å². The monoisotopic (exact) mass is 415 g/mol. The molecule has 0 unspecified atom stereocenters. The fourth-order valence-corrected chi connectivity index (χ4v) is 4.19. The van der Waals surface area contributed by atoms with E-state index in [1.807, 2.05) is 19.9 Å². The van der Waals surface area contributed by atoms with Gasteiger partial charge in [-0.25, -0.2) is 4.68 Å². The van der Waals surface area contributed by atoms with E-state index in [2.05, 4.69) is 27.9 Å². The first-order chi connectivity index (χ1) is 13.4. The minimum Gasteiger partial charge on any atom is -0.318 e. The molecular weight excluding hydrogens is 397 g/mol. The highest BCUT2D eigenvalue weighted by Gasteiger charge is 2.20. The smallest absolute Gasteiger partial charge is 0.287 e. The minimum absolute atomic E-state index is 0.0742. The zero-order valence-electron chi connectivity index (χ0n) is 15.6. The maximum atomic E-state index is 12.9. The molecule has 0 fully saturated rings. The maximum absolute atomic E-state index is 12.9. The molecule has 0 N–H and O–H groups in total. The normalized spacial score (nSPS) is 13.0. The third kappa shape index (κ3) is 3.19. The lowest BCUT2D eigenvalue weighted by molar-refractivity contribution is 0.0965. The van der Waals surface area contributed by atoms with E-state index in [1.165, 1.54) is 23.7 Å². The second-order valence-corrected chi connectivity index (χ2v) is 7.90. The number of rotatable bonds is 4. The number of carbonyl (C=O) groups excluding carboxylic acids is 1. The number of Topliss-reactive ketones (excluding diaryl/α,β-unsaturated/α-hetero) is 1. The lowest BCUT2D eigenvalue weighted by Crippen LogP contribution is -2.27. The van der Waals surface area contributed by atoms with Gasteiger partial charge in [-0.2, -0.15) is 5.10 Å². The van der Waals surface area contributed by atoms with Gasteiger partial charge in [0.2, 0.25) is 0 Å². The predicted octanol–water partition coefficient (Wildman–Crippen LogP) is 4.33. The van der Waals surface area contributed by atoms with E-state index in [0.29, 0.717) is 5.56 Å². The van der Waals surface area contributed by atoms with Gasteiger partial charge in [0.1, 0.15) is 11.6 Å². The van der Waals surface area contributed by atoms with Gasteiger partial charge < -0.3 is 4.57 Å².